The number of hydrogen-bond donors (Lipinski definition) is 2. The molecule has 51 heavy (non-hydrogen) atoms. The Morgan fingerprint density at radius 3 is 1.24 bits per heavy atom. The van der Waals surface area contributed by atoms with Crippen LogP contribution in [0, 0.1) is 0 Å². The zero-order chi connectivity index (χ0) is 37.5. The van der Waals surface area contributed by atoms with Gasteiger partial charge in [0.25, 0.3) is 0 Å². The molecule has 2 amide bonds. The van der Waals surface area contributed by atoms with Crippen LogP contribution in [0.25, 0.3) is 0 Å². The van der Waals surface area contributed by atoms with E-state index in [1.54, 1.807) is 13.8 Å². The summed E-state index contributed by atoms with van der Waals surface area (Å²) in [4.78, 5) is 46.2. The molecule has 0 atom stereocenters. The lowest BCUT2D eigenvalue weighted by molar-refractivity contribution is -0.141. The van der Waals surface area contributed by atoms with E-state index in [1.165, 1.54) is 0 Å². The van der Waals surface area contributed by atoms with Crippen molar-refractivity contribution in [2.24, 2.45) is 0 Å². The van der Waals surface area contributed by atoms with Gasteiger partial charge in [-0.25, -0.2) is 19.2 Å². The third-order valence-corrected chi connectivity index (χ3v) is 6.97. The van der Waals surface area contributed by atoms with Crippen LogP contribution >= 0.6 is 0 Å². The van der Waals surface area contributed by atoms with Gasteiger partial charge in [-0.05, 0) is 49.2 Å². The van der Waals surface area contributed by atoms with Crippen LogP contribution in [0.3, 0.4) is 0 Å². The summed E-state index contributed by atoms with van der Waals surface area (Å²) < 4.78 is 42.0. The van der Waals surface area contributed by atoms with Gasteiger partial charge in [-0.15, -0.1) is 0 Å². The van der Waals surface area contributed by atoms with Crippen molar-refractivity contribution < 1.29 is 57.1 Å². The maximum absolute atomic E-state index is 11.8. The fourth-order valence-corrected chi connectivity index (χ4v) is 4.08. The van der Waals surface area contributed by atoms with Gasteiger partial charge in [-0.1, -0.05) is 51.3 Å². The lowest BCUT2D eigenvalue weighted by atomic mass is 9.78. The van der Waals surface area contributed by atoms with E-state index < -0.39 is 24.1 Å². The second-order valence-corrected chi connectivity index (χ2v) is 11.6. The molecular formula is C37H50N2O12. The Balaban J connectivity index is 1.59. The third-order valence-electron chi connectivity index (χ3n) is 6.97. The molecule has 0 unspecified atom stereocenters. The highest BCUT2D eigenvalue weighted by Crippen LogP contribution is 2.33. The molecule has 2 aromatic rings. The summed E-state index contributed by atoms with van der Waals surface area (Å²) in [5.74, 6) is 0.348. The largest absolute Gasteiger partial charge is 0.490 e. The number of amides is 2. The Morgan fingerprint density at radius 1 is 0.529 bits per heavy atom. The monoisotopic (exact) mass is 714 g/mol. The maximum atomic E-state index is 11.8. The van der Waals surface area contributed by atoms with E-state index in [1.807, 2.05) is 48.5 Å². The van der Waals surface area contributed by atoms with Crippen LogP contribution in [-0.2, 0) is 43.4 Å². The van der Waals surface area contributed by atoms with Crippen LogP contribution in [-0.4, -0.2) is 103 Å². The molecule has 0 spiro atoms. The van der Waals surface area contributed by atoms with Gasteiger partial charge in [0, 0.05) is 29.7 Å². The Kier molecular flexibility index (Phi) is 19.3. The normalized spacial score (nSPS) is 10.7. The summed E-state index contributed by atoms with van der Waals surface area (Å²) in [7, 11) is 0. The topological polar surface area (TPSA) is 166 Å². The molecule has 0 aromatic heterocycles. The van der Waals surface area contributed by atoms with Crippen LogP contribution in [0.15, 0.2) is 72.8 Å². The third kappa shape index (κ3) is 17.4. The molecule has 0 aliphatic heterocycles. The van der Waals surface area contributed by atoms with Gasteiger partial charge in [0.1, 0.15) is 51.1 Å². The van der Waals surface area contributed by atoms with Crippen molar-refractivity contribution in [3.63, 3.8) is 0 Å². The van der Waals surface area contributed by atoms with E-state index in [0.29, 0.717) is 22.6 Å². The molecule has 0 bridgehead atoms. The first-order valence-corrected chi connectivity index (χ1v) is 16.5. The van der Waals surface area contributed by atoms with Crippen molar-refractivity contribution in [2.75, 3.05) is 79.2 Å². The Hall–Kier alpha value is -5.08. The van der Waals surface area contributed by atoms with Crippen LogP contribution in [0.1, 0.15) is 38.8 Å². The Bertz CT molecular complexity index is 1300. The van der Waals surface area contributed by atoms with E-state index in [4.69, 9.17) is 37.9 Å². The van der Waals surface area contributed by atoms with E-state index in [0.717, 1.165) is 11.1 Å². The molecule has 2 N–H and O–H groups in total. The average Bonchev–Trinajstić information content (AvgIpc) is 3.11. The van der Waals surface area contributed by atoms with E-state index in [2.05, 4.69) is 37.6 Å². The van der Waals surface area contributed by atoms with Crippen LogP contribution in [0.4, 0.5) is 9.59 Å². The zero-order valence-corrected chi connectivity index (χ0v) is 29.9. The highest BCUT2D eigenvalue weighted by atomic mass is 16.6. The van der Waals surface area contributed by atoms with Gasteiger partial charge >= 0.3 is 24.1 Å². The number of nitrogens with one attached hydrogen (secondary N) is 2. The molecule has 0 fully saturated rings. The summed E-state index contributed by atoms with van der Waals surface area (Å²) in [6.07, 6.45) is -1.17. The summed E-state index contributed by atoms with van der Waals surface area (Å²) in [6, 6.07) is 15.4. The molecule has 14 nitrogen and oxygen atoms in total. The van der Waals surface area contributed by atoms with Gasteiger partial charge in [0.15, 0.2) is 0 Å². The molecule has 2 aromatic carbocycles. The fraction of sp³-hybridized carbons (Fsp3) is 0.459. The molecule has 0 radical (unpaired) electrons. The number of hydrogen-bond acceptors (Lipinski definition) is 12. The highest BCUT2D eigenvalue weighted by Gasteiger charge is 2.23. The number of carbonyl (C=O) groups excluding carboxylic acids is 4. The van der Waals surface area contributed by atoms with Gasteiger partial charge in [0.2, 0.25) is 0 Å². The van der Waals surface area contributed by atoms with Crippen molar-refractivity contribution in [1.29, 1.82) is 0 Å². The zero-order valence-electron chi connectivity index (χ0n) is 29.9. The second-order valence-electron chi connectivity index (χ2n) is 11.6. The Morgan fingerprint density at radius 2 is 0.882 bits per heavy atom. The molecule has 0 aliphatic carbocycles. The second kappa shape index (κ2) is 23.3. The number of benzene rings is 2. The molecule has 14 heteroatoms. The SMILES string of the molecule is C=C(C)C(=O)OCCOCCNC(=O)OCCOc1ccc(C(C)(C)c2ccc(OCCOC(=O)NCCOCCOC(=O)C(=C)C)cc2)cc1. The smallest absolute Gasteiger partial charge is 0.407 e. The molecule has 0 aliphatic rings. The van der Waals surface area contributed by atoms with E-state index >= 15 is 0 Å². The first-order chi connectivity index (χ1) is 24.4. The molecule has 0 saturated heterocycles. The highest BCUT2D eigenvalue weighted by molar-refractivity contribution is 5.87. The van der Waals surface area contributed by atoms with Gasteiger partial charge < -0.3 is 48.5 Å². The van der Waals surface area contributed by atoms with E-state index in [9.17, 15) is 19.2 Å². The average molecular weight is 715 g/mol. The number of esters is 2. The molecular weight excluding hydrogens is 664 g/mol. The lowest BCUT2D eigenvalue weighted by Gasteiger charge is -2.26. The van der Waals surface area contributed by atoms with Crippen molar-refractivity contribution in [3.8, 4) is 11.5 Å². The molecule has 280 valence electrons. The summed E-state index contributed by atoms with van der Waals surface area (Å²) in [5.41, 5.74) is 2.48. The minimum absolute atomic E-state index is 0.0684. The maximum Gasteiger partial charge on any atom is 0.407 e. The van der Waals surface area contributed by atoms with Crippen molar-refractivity contribution in [1.82, 2.24) is 10.6 Å². The molecule has 2 rings (SSSR count). The standard InChI is InChI=1S/C37H50N2O12/c1-27(2)33(40)48-21-19-44-17-15-38-35(42)50-25-23-46-31-11-7-29(8-12-31)37(5,6)30-9-13-32(14-10-30)47-24-26-51-36(43)39-16-18-45-20-22-49-34(41)28(3)4/h7-14H,1,3,15-26H2,2,4-6H3,(H,38,42)(H,39,43). The lowest BCUT2D eigenvalue weighted by Crippen LogP contribution is -2.29. The number of carbonyl (C=O) groups is 4. The van der Waals surface area contributed by atoms with Crippen molar-refractivity contribution in [2.45, 2.75) is 33.1 Å². The first-order valence-electron chi connectivity index (χ1n) is 16.5. The molecule has 0 heterocycles. The summed E-state index contributed by atoms with van der Waals surface area (Å²) in [6.45, 7) is 16.5. The fourth-order valence-electron chi connectivity index (χ4n) is 4.08. The number of ether oxygens (including phenoxy) is 8. The van der Waals surface area contributed by atoms with Crippen molar-refractivity contribution in [3.05, 3.63) is 84.0 Å². The predicted octanol–water partition coefficient (Wildman–Crippen LogP) is 4.49. The van der Waals surface area contributed by atoms with Crippen LogP contribution in [0.2, 0.25) is 0 Å². The van der Waals surface area contributed by atoms with Crippen LogP contribution in [0.5, 0.6) is 11.5 Å². The minimum Gasteiger partial charge on any atom is -0.490 e. The van der Waals surface area contributed by atoms with E-state index in [-0.39, 0.29) is 84.6 Å². The van der Waals surface area contributed by atoms with Crippen molar-refractivity contribution >= 4 is 24.1 Å². The Labute approximate surface area is 299 Å². The van der Waals surface area contributed by atoms with Gasteiger partial charge in [-0.3, -0.25) is 0 Å². The van der Waals surface area contributed by atoms with Crippen LogP contribution < -0.4 is 20.1 Å². The predicted molar refractivity (Wildman–Crippen MR) is 188 cm³/mol. The first kappa shape index (κ1) is 42.1. The van der Waals surface area contributed by atoms with Gasteiger partial charge in [-0.2, -0.15) is 0 Å². The minimum atomic E-state index is -0.585. The summed E-state index contributed by atoms with van der Waals surface area (Å²) >= 11 is 0. The number of alkyl carbamates (subject to hydrolysis) is 2. The number of rotatable bonds is 24. The molecule has 0 saturated carbocycles. The summed E-state index contributed by atoms with van der Waals surface area (Å²) in [5, 5.41) is 5.14. The quantitative estimate of drug-likeness (QED) is 0.0678. The van der Waals surface area contributed by atoms with Gasteiger partial charge in [0.05, 0.1) is 26.4 Å².